The molecule has 4 saturated carbocycles. The van der Waals surface area contributed by atoms with Crippen molar-refractivity contribution in [2.45, 2.75) is 136 Å². The van der Waals surface area contributed by atoms with Crippen molar-refractivity contribution in [1.29, 1.82) is 0 Å². The van der Waals surface area contributed by atoms with Gasteiger partial charge in [-0.25, -0.2) is 0 Å². The Balaban J connectivity index is 1.36. The van der Waals surface area contributed by atoms with E-state index in [4.69, 9.17) is 11.5 Å². The molecule has 10 heteroatoms. The number of carbonyl (C=O) groups excluding carboxylic acids is 4. The highest BCUT2D eigenvalue weighted by atomic mass is 16.3. The highest BCUT2D eigenvalue weighted by Gasteiger charge is 2.88. The summed E-state index contributed by atoms with van der Waals surface area (Å²) >= 11 is 0. The molecule has 0 aromatic heterocycles. The molecule has 240 valence electrons. The molecule has 4 aliphatic carbocycles. The van der Waals surface area contributed by atoms with Crippen LogP contribution in [0.3, 0.4) is 0 Å². The van der Waals surface area contributed by atoms with Crippen molar-refractivity contribution < 1.29 is 24.3 Å². The van der Waals surface area contributed by atoms with Crippen LogP contribution in [0.2, 0.25) is 0 Å². The molecule has 3 spiro atoms. The van der Waals surface area contributed by atoms with Gasteiger partial charge in [-0.2, -0.15) is 0 Å². The number of primary amides is 1. The van der Waals surface area contributed by atoms with Gasteiger partial charge in [-0.1, -0.05) is 60.3 Å². The Bertz CT molecular complexity index is 1200. The van der Waals surface area contributed by atoms with Crippen LogP contribution in [0.25, 0.3) is 0 Å². The van der Waals surface area contributed by atoms with E-state index in [1.165, 1.54) is 0 Å². The van der Waals surface area contributed by atoms with Gasteiger partial charge in [-0.3, -0.25) is 19.2 Å². The van der Waals surface area contributed by atoms with Crippen LogP contribution in [-0.2, 0) is 19.2 Å². The number of hydrogen-bond acceptors (Lipinski definition) is 6. The lowest BCUT2D eigenvalue weighted by Gasteiger charge is -2.56. The number of nitrogens with one attached hydrogen (secondary N) is 2. The van der Waals surface area contributed by atoms with Crippen molar-refractivity contribution in [1.82, 2.24) is 15.5 Å². The van der Waals surface area contributed by atoms with Gasteiger partial charge in [0.05, 0.1) is 12.1 Å². The number of aliphatic hydroxyl groups excluding tert-OH is 1. The maximum absolute atomic E-state index is 14.6. The average molecular weight is 600 g/mol. The predicted molar refractivity (Wildman–Crippen MR) is 161 cm³/mol. The Kier molecular flexibility index (Phi) is 7.09. The van der Waals surface area contributed by atoms with Gasteiger partial charge in [0.15, 0.2) is 6.10 Å². The van der Waals surface area contributed by atoms with Crippen molar-refractivity contribution in [3.63, 3.8) is 0 Å². The van der Waals surface area contributed by atoms with Gasteiger partial charge in [0.25, 0.3) is 0 Å². The minimum atomic E-state index is -1.50. The topological polar surface area (TPSA) is 168 Å². The molecule has 7 N–H and O–H groups in total. The Morgan fingerprint density at radius 2 is 1.77 bits per heavy atom. The zero-order valence-corrected chi connectivity index (χ0v) is 26.7. The number of amides is 4. The average Bonchev–Trinajstić information content (AvgIpc) is 3.16. The molecule has 7 fully saturated rings. The lowest BCUT2D eigenvalue weighted by atomic mass is 9.49. The summed E-state index contributed by atoms with van der Waals surface area (Å²) in [5.74, 6) is -1.38. The van der Waals surface area contributed by atoms with Gasteiger partial charge in [0, 0.05) is 12.0 Å². The molecule has 7 aliphatic rings. The highest BCUT2D eigenvalue weighted by molar-refractivity contribution is 5.95. The third-order valence-electron chi connectivity index (χ3n) is 13.5. The van der Waals surface area contributed by atoms with E-state index in [0.717, 1.165) is 57.8 Å². The van der Waals surface area contributed by atoms with E-state index in [2.05, 4.69) is 24.5 Å². The molecule has 10 nitrogen and oxygen atoms in total. The van der Waals surface area contributed by atoms with Gasteiger partial charge in [-0.15, -0.1) is 0 Å². The summed E-state index contributed by atoms with van der Waals surface area (Å²) in [5, 5.41) is 16.7. The number of nitrogens with zero attached hydrogens (tertiary/aromatic N) is 1. The fourth-order valence-corrected chi connectivity index (χ4v) is 10.7. The predicted octanol–water partition coefficient (Wildman–Crippen LogP) is 1.96. The van der Waals surface area contributed by atoms with Crippen molar-refractivity contribution in [2.75, 3.05) is 6.54 Å². The molecule has 5 bridgehead atoms. The van der Waals surface area contributed by atoms with E-state index in [1.54, 1.807) is 4.90 Å². The molecule has 3 heterocycles. The highest BCUT2D eigenvalue weighted by Crippen LogP contribution is 2.92. The van der Waals surface area contributed by atoms with Gasteiger partial charge in [-0.05, 0) is 78.4 Å². The summed E-state index contributed by atoms with van der Waals surface area (Å²) in [4.78, 5) is 56.1. The number of aliphatic hydroxyl groups is 1. The quantitative estimate of drug-likeness (QED) is 0.313. The van der Waals surface area contributed by atoms with E-state index in [9.17, 15) is 24.3 Å². The Morgan fingerprint density at radius 1 is 1.09 bits per heavy atom. The summed E-state index contributed by atoms with van der Waals surface area (Å²) in [5.41, 5.74) is 11.4. The van der Waals surface area contributed by atoms with Crippen LogP contribution < -0.4 is 22.1 Å². The van der Waals surface area contributed by atoms with Crippen molar-refractivity contribution in [3.8, 4) is 0 Å². The fourth-order valence-electron chi connectivity index (χ4n) is 10.7. The summed E-state index contributed by atoms with van der Waals surface area (Å²) in [7, 11) is 0. The number of carbonyl (C=O) groups is 4. The molecule has 0 aromatic rings. The molecule has 4 amide bonds. The Hall–Kier alpha value is -2.20. The lowest BCUT2D eigenvalue weighted by Crippen LogP contribution is -2.61. The lowest BCUT2D eigenvalue weighted by molar-refractivity contribution is -0.145. The number of nitrogens with two attached hydrogens (primary N) is 2. The maximum atomic E-state index is 14.6. The summed E-state index contributed by atoms with van der Waals surface area (Å²) < 4.78 is 0. The molecule has 43 heavy (non-hydrogen) atoms. The largest absolute Gasteiger partial charge is 0.381 e. The molecule has 0 radical (unpaired) electrons. The Labute approximate surface area is 255 Å². The number of fused-ring (bicyclic) bond motifs is 4. The summed E-state index contributed by atoms with van der Waals surface area (Å²) in [6.45, 7) is 10.8. The van der Waals surface area contributed by atoms with Gasteiger partial charge < -0.3 is 32.1 Å². The zero-order chi connectivity index (χ0) is 31.3. The first-order valence-electron chi connectivity index (χ1n) is 16.6. The fraction of sp³-hybridized carbons (Fsp3) is 0.879. The van der Waals surface area contributed by atoms with Crippen molar-refractivity contribution >= 4 is 23.6 Å². The van der Waals surface area contributed by atoms with Gasteiger partial charge in [0.1, 0.15) is 12.1 Å². The third-order valence-corrected chi connectivity index (χ3v) is 13.5. The molecule has 3 saturated heterocycles. The third kappa shape index (κ3) is 4.47. The standard InChI is InChI=1S/C33H53N5O5/c1-29(2,3)24-28(43)38-17-32(14-21(38)26(41)36-20(23(39)25(35)40)12-18-8-6-9-18)30(4,5)33(32)15-31(16-33)11-7-10-19(13-31)22(34)27(42)37-24/h18-24,39H,6-17,34H2,1-5H3,(H2,35,40)(H,36,41)(H,37,42)/t19?,20?,21-,22-,23?,24+,31?,32?,33?/m0/s1. The molecular weight excluding hydrogens is 546 g/mol. The van der Waals surface area contributed by atoms with Crippen LogP contribution >= 0.6 is 0 Å². The van der Waals surface area contributed by atoms with Crippen LogP contribution in [0.15, 0.2) is 0 Å². The minimum absolute atomic E-state index is 0.0281. The molecule has 3 aliphatic heterocycles. The monoisotopic (exact) mass is 599 g/mol. The van der Waals surface area contributed by atoms with Crippen LogP contribution in [0, 0.1) is 38.9 Å². The maximum Gasteiger partial charge on any atom is 0.248 e. The summed E-state index contributed by atoms with van der Waals surface area (Å²) in [6, 6.07) is -3.12. The second-order valence-electron chi connectivity index (χ2n) is 17.0. The second kappa shape index (κ2) is 9.90. The first-order valence-corrected chi connectivity index (χ1v) is 16.6. The SMILES string of the molecule is CC(C)(C)[C@@H]1NC(=O)[C@@H](N)C2CCCC3(C2)CC2(C3)C(C)(C)C23C[C@@H](C(=O)NC(CC2CCC2)C(O)C(N)=O)N(C3)C1=O. The number of hydrogen-bond donors (Lipinski definition) is 5. The van der Waals surface area contributed by atoms with Crippen LogP contribution in [0.5, 0.6) is 0 Å². The van der Waals surface area contributed by atoms with E-state index in [1.807, 2.05) is 20.8 Å². The van der Waals surface area contributed by atoms with E-state index < -0.39 is 41.6 Å². The van der Waals surface area contributed by atoms with Gasteiger partial charge in [0.2, 0.25) is 23.6 Å². The molecule has 4 unspecified atom stereocenters. The smallest absolute Gasteiger partial charge is 0.248 e. The minimum Gasteiger partial charge on any atom is -0.381 e. The van der Waals surface area contributed by atoms with Crippen LogP contribution in [-0.4, -0.2) is 70.5 Å². The van der Waals surface area contributed by atoms with Crippen molar-refractivity contribution in [2.24, 2.45) is 50.4 Å². The normalized spacial score (nSPS) is 41.6. The summed E-state index contributed by atoms with van der Waals surface area (Å²) in [6.07, 6.45) is 8.72. The molecule has 0 aromatic carbocycles. The number of rotatable bonds is 6. The zero-order valence-electron chi connectivity index (χ0n) is 26.7. The second-order valence-corrected chi connectivity index (χ2v) is 17.0. The van der Waals surface area contributed by atoms with Crippen LogP contribution in [0.4, 0.5) is 0 Å². The Morgan fingerprint density at radius 3 is 2.35 bits per heavy atom. The molecule has 7 rings (SSSR count). The van der Waals surface area contributed by atoms with Gasteiger partial charge >= 0.3 is 0 Å². The van der Waals surface area contributed by atoms with E-state index >= 15 is 0 Å². The first kappa shape index (κ1) is 30.8. The van der Waals surface area contributed by atoms with E-state index in [0.29, 0.717) is 25.3 Å². The van der Waals surface area contributed by atoms with E-state index in [-0.39, 0.29) is 45.3 Å². The molecular formula is C33H53N5O5. The molecule has 7 atom stereocenters. The van der Waals surface area contributed by atoms with Crippen LogP contribution in [0.1, 0.15) is 105 Å². The first-order chi connectivity index (χ1) is 20.0. The van der Waals surface area contributed by atoms with Crippen molar-refractivity contribution in [3.05, 3.63) is 0 Å².